The molecule has 1 aromatic carbocycles. The van der Waals surface area contributed by atoms with Crippen molar-refractivity contribution >= 4 is 27.4 Å². The predicted molar refractivity (Wildman–Crippen MR) is 127 cm³/mol. The molecule has 9 nitrogen and oxygen atoms in total. The maximum absolute atomic E-state index is 13.2. The standard InChI is InChI=1S/C24H35N3O6S/c1-15(23-8-16-6-17(9-23)11-24(30,10-16)13-23)27-22(29)18-4-5-19(25-2)20(7-18)34(31,32)14-26-12-21(28)33-3/h4-5,7,15-17,25-26,30H,6,8-14H2,1-3H3,(H,27,29). The zero-order valence-corrected chi connectivity index (χ0v) is 20.8. The van der Waals surface area contributed by atoms with Crippen LogP contribution in [0, 0.1) is 17.3 Å². The summed E-state index contributed by atoms with van der Waals surface area (Å²) in [5.74, 6) is -0.357. The highest BCUT2D eigenvalue weighted by Crippen LogP contribution is 2.62. The van der Waals surface area contributed by atoms with Crippen LogP contribution in [-0.2, 0) is 19.4 Å². The van der Waals surface area contributed by atoms with E-state index in [-0.39, 0.29) is 34.4 Å². The Morgan fingerprint density at radius 2 is 1.88 bits per heavy atom. The van der Waals surface area contributed by atoms with E-state index < -0.39 is 27.3 Å². The van der Waals surface area contributed by atoms with E-state index in [1.165, 1.54) is 19.6 Å². The minimum absolute atomic E-state index is 0.0169. The molecule has 1 aromatic rings. The average Bonchev–Trinajstić information content (AvgIpc) is 2.76. The molecule has 0 aliphatic heterocycles. The topological polar surface area (TPSA) is 134 Å². The number of esters is 1. The zero-order chi connectivity index (χ0) is 24.7. The van der Waals surface area contributed by atoms with Crippen molar-refractivity contribution in [1.82, 2.24) is 10.6 Å². The van der Waals surface area contributed by atoms with Crippen LogP contribution in [0.2, 0.25) is 0 Å². The van der Waals surface area contributed by atoms with Crippen LogP contribution in [0.1, 0.15) is 55.8 Å². The first-order valence-electron chi connectivity index (χ1n) is 11.8. The van der Waals surface area contributed by atoms with Crippen LogP contribution in [0.25, 0.3) is 0 Å². The van der Waals surface area contributed by atoms with Gasteiger partial charge in [-0.05, 0) is 80.9 Å². The lowest BCUT2D eigenvalue weighted by atomic mass is 9.46. The molecule has 0 saturated heterocycles. The summed E-state index contributed by atoms with van der Waals surface area (Å²) >= 11 is 0. The molecule has 10 heteroatoms. The number of hydrogen-bond acceptors (Lipinski definition) is 8. The Kier molecular flexibility index (Phi) is 6.69. The zero-order valence-electron chi connectivity index (χ0n) is 20.0. The highest BCUT2D eigenvalue weighted by Gasteiger charge is 2.59. The summed E-state index contributed by atoms with van der Waals surface area (Å²) in [6, 6.07) is 4.40. The van der Waals surface area contributed by atoms with Crippen molar-refractivity contribution in [2.24, 2.45) is 17.3 Å². The van der Waals surface area contributed by atoms with Gasteiger partial charge in [0.25, 0.3) is 5.91 Å². The molecule has 4 bridgehead atoms. The van der Waals surface area contributed by atoms with Gasteiger partial charge in [0.2, 0.25) is 0 Å². The largest absolute Gasteiger partial charge is 0.468 e. The summed E-state index contributed by atoms with van der Waals surface area (Å²) in [7, 11) is -0.997. The molecule has 188 valence electrons. The smallest absolute Gasteiger partial charge is 0.319 e. The Bertz CT molecular complexity index is 1060. The molecule has 3 atom stereocenters. The summed E-state index contributed by atoms with van der Waals surface area (Å²) in [6.45, 7) is 1.77. The van der Waals surface area contributed by atoms with Gasteiger partial charge < -0.3 is 20.5 Å². The van der Waals surface area contributed by atoms with Gasteiger partial charge in [-0.25, -0.2) is 8.42 Å². The number of amides is 1. The van der Waals surface area contributed by atoms with Crippen molar-refractivity contribution in [1.29, 1.82) is 0 Å². The Morgan fingerprint density at radius 1 is 1.21 bits per heavy atom. The fourth-order valence-electron chi connectivity index (χ4n) is 6.79. The van der Waals surface area contributed by atoms with Crippen LogP contribution in [0.3, 0.4) is 0 Å². The van der Waals surface area contributed by atoms with Gasteiger partial charge in [0.1, 0.15) is 5.88 Å². The molecular weight excluding hydrogens is 458 g/mol. The predicted octanol–water partition coefficient (Wildman–Crippen LogP) is 1.67. The number of hydrogen-bond donors (Lipinski definition) is 4. The molecule has 0 heterocycles. The van der Waals surface area contributed by atoms with Crippen LogP contribution < -0.4 is 16.0 Å². The Morgan fingerprint density at radius 3 is 2.47 bits per heavy atom. The van der Waals surface area contributed by atoms with Crippen molar-refractivity contribution in [2.45, 2.75) is 62.0 Å². The molecule has 1 amide bonds. The van der Waals surface area contributed by atoms with Crippen molar-refractivity contribution in [3.63, 3.8) is 0 Å². The van der Waals surface area contributed by atoms with Gasteiger partial charge in [0.05, 0.1) is 29.8 Å². The maximum atomic E-state index is 13.2. The van der Waals surface area contributed by atoms with Gasteiger partial charge in [0, 0.05) is 18.7 Å². The van der Waals surface area contributed by atoms with Crippen molar-refractivity contribution in [3.05, 3.63) is 23.8 Å². The summed E-state index contributed by atoms with van der Waals surface area (Å²) in [5.41, 5.74) is -0.115. The third-order valence-electron chi connectivity index (χ3n) is 7.98. The summed E-state index contributed by atoms with van der Waals surface area (Å²) < 4.78 is 30.4. The SMILES string of the molecule is CNc1ccc(C(=O)NC(C)C23CC4CC(CC(O)(C4)C2)C3)cc1S(=O)(=O)CNCC(=O)OC. The Hall–Kier alpha value is -2.17. The van der Waals surface area contributed by atoms with Crippen LogP contribution >= 0.6 is 0 Å². The molecule has 34 heavy (non-hydrogen) atoms. The first kappa shape index (κ1) is 24.9. The number of nitrogens with one attached hydrogen (secondary N) is 3. The van der Waals surface area contributed by atoms with E-state index >= 15 is 0 Å². The number of anilines is 1. The number of ether oxygens (including phenoxy) is 1. The minimum atomic E-state index is -3.83. The number of benzene rings is 1. The lowest BCUT2D eigenvalue weighted by molar-refractivity contribution is -0.171. The van der Waals surface area contributed by atoms with E-state index in [1.807, 2.05) is 6.92 Å². The van der Waals surface area contributed by atoms with Crippen molar-refractivity contribution in [2.75, 3.05) is 31.9 Å². The summed E-state index contributed by atoms with van der Waals surface area (Å²) in [4.78, 5) is 24.5. The highest BCUT2D eigenvalue weighted by molar-refractivity contribution is 7.91. The molecule has 4 aliphatic carbocycles. The Balaban J connectivity index is 1.50. The lowest BCUT2D eigenvalue weighted by Gasteiger charge is -2.62. The second-order valence-electron chi connectivity index (χ2n) is 10.5. The van der Waals surface area contributed by atoms with E-state index in [9.17, 15) is 23.1 Å². The van der Waals surface area contributed by atoms with Gasteiger partial charge in [-0.3, -0.25) is 14.9 Å². The van der Waals surface area contributed by atoms with Gasteiger partial charge in [0.15, 0.2) is 9.84 Å². The average molecular weight is 494 g/mol. The fraction of sp³-hybridized carbons (Fsp3) is 0.667. The molecule has 4 saturated carbocycles. The number of methoxy groups -OCH3 is 1. The number of aliphatic hydroxyl groups is 1. The van der Waals surface area contributed by atoms with E-state index in [0.717, 1.165) is 25.7 Å². The first-order valence-corrected chi connectivity index (χ1v) is 13.5. The molecule has 0 spiro atoms. The van der Waals surface area contributed by atoms with Crippen LogP contribution in [0.15, 0.2) is 23.1 Å². The summed E-state index contributed by atoms with van der Waals surface area (Å²) in [5, 5.41) is 19.6. The Labute approximate surface area is 200 Å². The van der Waals surface area contributed by atoms with E-state index in [4.69, 9.17) is 0 Å². The van der Waals surface area contributed by atoms with Crippen molar-refractivity contribution < 1.29 is 27.9 Å². The number of sulfone groups is 1. The summed E-state index contributed by atoms with van der Waals surface area (Å²) in [6.07, 6.45) is 5.63. The minimum Gasteiger partial charge on any atom is -0.468 e. The molecule has 3 unspecified atom stereocenters. The van der Waals surface area contributed by atoms with Crippen molar-refractivity contribution in [3.8, 4) is 0 Å². The van der Waals surface area contributed by atoms with Crippen LogP contribution in [0.4, 0.5) is 5.69 Å². The molecule has 4 aliphatic rings. The number of carbonyl (C=O) groups excluding carboxylic acids is 2. The highest BCUT2D eigenvalue weighted by atomic mass is 32.2. The fourth-order valence-corrected chi connectivity index (χ4v) is 8.13. The monoisotopic (exact) mass is 493 g/mol. The van der Waals surface area contributed by atoms with Gasteiger partial charge in [-0.15, -0.1) is 0 Å². The third kappa shape index (κ3) is 4.81. The van der Waals surface area contributed by atoms with E-state index in [1.54, 1.807) is 19.2 Å². The number of rotatable bonds is 9. The van der Waals surface area contributed by atoms with Gasteiger partial charge in [-0.1, -0.05) is 0 Å². The van der Waals surface area contributed by atoms with E-state index in [0.29, 0.717) is 23.9 Å². The second kappa shape index (κ2) is 9.13. The van der Waals surface area contributed by atoms with E-state index in [2.05, 4.69) is 20.7 Å². The van der Waals surface area contributed by atoms with Crippen LogP contribution in [0.5, 0.6) is 0 Å². The molecule has 4 fully saturated rings. The normalized spacial score (nSPS) is 30.6. The molecule has 0 radical (unpaired) electrons. The molecule has 5 rings (SSSR count). The molecule has 0 aromatic heterocycles. The number of carbonyl (C=O) groups is 2. The quantitative estimate of drug-likeness (QED) is 0.382. The molecular formula is C24H35N3O6S. The second-order valence-corrected chi connectivity index (χ2v) is 12.4. The third-order valence-corrected chi connectivity index (χ3v) is 9.57. The molecule has 4 N–H and O–H groups in total. The first-order chi connectivity index (χ1) is 16.0. The van der Waals surface area contributed by atoms with Gasteiger partial charge in [-0.2, -0.15) is 0 Å². The maximum Gasteiger partial charge on any atom is 0.319 e. The van der Waals surface area contributed by atoms with Gasteiger partial charge >= 0.3 is 5.97 Å². The lowest BCUT2D eigenvalue weighted by Crippen LogP contribution is -2.61. The van der Waals surface area contributed by atoms with Crippen LogP contribution in [-0.4, -0.2) is 63.6 Å².